The molecule has 1 aliphatic heterocycles. The van der Waals surface area contributed by atoms with Crippen LogP contribution in [-0.4, -0.2) is 74.0 Å². The van der Waals surface area contributed by atoms with Gasteiger partial charge in [0.2, 0.25) is 12.3 Å². The lowest BCUT2D eigenvalue weighted by molar-refractivity contribution is -0.121. The number of hydrogen-bond acceptors (Lipinski definition) is 9. The summed E-state index contributed by atoms with van der Waals surface area (Å²) < 4.78 is 11.4. The van der Waals surface area contributed by atoms with Crippen LogP contribution in [0.25, 0.3) is 5.57 Å². The maximum Gasteiger partial charge on any atom is 0.410 e. The van der Waals surface area contributed by atoms with Gasteiger partial charge in [-0.15, -0.1) is 0 Å². The molecule has 3 rings (SSSR count). The number of pyridine rings is 1. The van der Waals surface area contributed by atoms with Crippen LogP contribution >= 0.6 is 0 Å². The molecule has 12 nitrogen and oxygen atoms in total. The zero-order chi connectivity index (χ0) is 29.4. The van der Waals surface area contributed by atoms with Gasteiger partial charge in [0.05, 0.1) is 11.7 Å². The lowest BCUT2D eigenvalue weighted by Gasteiger charge is -2.37. The summed E-state index contributed by atoms with van der Waals surface area (Å²) in [6, 6.07) is 3.33. The van der Waals surface area contributed by atoms with Gasteiger partial charge in [-0.3, -0.25) is 9.59 Å². The van der Waals surface area contributed by atoms with E-state index in [1.807, 2.05) is 41.5 Å². The number of rotatable bonds is 9. The molecule has 0 saturated carbocycles. The standard InChI is InChI=1S/C28H39N7O5/c1-18(2)39-26-23(33-25(37)22(15-29)24-30-10-7-11-31-24)14-20(19(3)32-26)16-35(17-36)21-8-12-34(13-9-21)27(38)40-28(4,5)6/h7,10-11,14-15,17-18,21H,8-9,12-13,16,29H2,1-6H3,(H,33,37)/b22-15+. The van der Waals surface area contributed by atoms with Gasteiger partial charge >= 0.3 is 6.09 Å². The number of carbonyl (C=O) groups is 3. The third-order valence-electron chi connectivity index (χ3n) is 6.17. The Labute approximate surface area is 235 Å². The fourth-order valence-electron chi connectivity index (χ4n) is 4.22. The van der Waals surface area contributed by atoms with E-state index < -0.39 is 11.5 Å². The predicted molar refractivity (Wildman–Crippen MR) is 150 cm³/mol. The third kappa shape index (κ3) is 8.14. The summed E-state index contributed by atoms with van der Waals surface area (Å²) in [4.78, 5) is 53.9. The lowest BCUT2D eigenvalue weighted by atomic mass is 10.0. The Morgan fingerprint density at radius 3 is 2.42 bits per heavy atom. The Morgan fingerprint density at radius 2 is 1.88 bits per heavy atom. The second kappa shape index (κ2) is 13.2. The van der Waals surface area contributed by atoms with E-state index in [9.17, 15) is 14.4 Å². The van der Waals surface area contributed by atoms with E-state index >= 15 is 0 Å². The summed E-state index contributed by atoms with van der Waals surface area (Å²) in [5.74, 6) is -0.0992. The zero-order valence-corrected chi connectivity index (χ0v) is 24.0. The van der Waals surface area contributed by atoms with Crippen LogP contribution in [0.3, 0.4) is 0 Å². The predicted octanol–water partition coefficient (Wildman–Crippen LogP) is 3.26. The molecule has 0 aliphatic carbocycles. The van der Waals surface area contributed by atoms with Crippen LogP contribution in [0.5, 0.6) is 5.88 Å². The highest BCUT2D eigenvalue weighted by Gasteiger charge is 2.30. The molecule has 12 heteroatoms. The fourth-order valence-corrected chi connectivity index (χ4v) is 4.22. The summed E-state index contributed by atoms with van der Waals surface area (Å²) in [6.07, 6.45) is 5.68. The van der Waals surface area contributed by atoms with E-state index in [-0.39, 0.29) is 42.1 Å². The van der Waals surface area contributed by atoms with Crippen molar-refractivity contribution in [3.05, 3.63) is 47.8 Å². The molecule has 0 aromatic carbocycles. The largest absolute Gasteiger partial charge is 0.473 e. The molecular weight excluding hydrogens is 514 g/mol. The molecule has 1 fully saturated rings. The maximum atomic E-state index is 13.1. The summed E-state index contributed by atoms with van der Waals surface area (Å²) >= 11 is 0. The van der Waals surface area contributed by atoms with Crippen molar-refractivity contribution < 1.29 is 23.9 Å². The number of nitrogens with one attached hydrogen (secondary N) is 1. The second-order valence-corrected chi connectivity index (χ2v) is 10.8. The number of hydrogen-bond donors (Lipinski definition) is 2. The molecule has 3 heterocycles. The average Bonchev–Trinajstić information content (AvgIpc) is 2.89. The van der Waals surface area contributed by atoms with E-state index in [2.05, 4.69) is 20.3 Å². The second-order valence-electron chi connectivity index (χ2n) is 10.8. The topological polar surface area (TPSA) is 153 Å². The summed E-state index contributed by atoms with van der Waals surface area (Å²) in [5.41, 5.74) is 6.98. The first-order valence-electron chi connectivity index (χ1n) is 13.3. The molecule has 0 spiro atoms. The van der Waals surface area contributed by atoms with Crippen molar-refractivity contribution in [2.75, 3.05) is 18.4 Å². The average molecular weight is 554 g/mol. The highest BCUT2D eigenvalue weighted by atomic mass is 16.6. The number of piperidine rings is 1. The van der Waals surface area contributed by atoms with Crippen LogP contribution in [0.4, 0.5) is 10.5 Å². The first-order valence-corrected chi connectivity index (χ1v) is 13.3. The number of nitrogens with two attached hydrogens (primary N) is 1. The minimum absolute atomic E-state index is 0.0674. The van der Waals surface area contributed by atoms with E-state index in [0.29, 0.717) is 37.3 Å². The number of ether oxygens (including phenoxy) is 2. The van der Waals surface area contributed by atoms with Gasteiger partial charge in [-0.05, 0) is 72.1 Å². The van der Waals surface area contributed by atoms with Gasteiger partial charge in [-0.1, -0.05) is 0 Å². The molecule has 0 unspecified atom stereocenters. The van der Waals surface area contributed by atoms with Gasteiger partial charge < -0.3 is 30.3 Å². The van der Waals surface area contributed by atoms with Crippen molar-refractivity contribution in [2.24, 2.45) is 5.73 Å². The SMILES string of the molecule is Cc1nc(OC(C)C)c(NC(=O)/C(=C/N)c2ncccn2)cc1CN(C=O)C1CCN(C(=O)OC(C)(C)C)CC1. The lowest BCUT2D eigenvalue weighted by Crippen LogP contribution is -2.47. The van der Waals surface area contributed by atoms with Crippen LogP contribution in [0, 0.1) is 6.92 Å². The van der Waals surface area contributed by atoms with Crippen LogP contribution in [0.1, 0.15) is 64.5 Å². The van der Waals surface area contributed by atoms with E-state index in [1.165, 1.54) is 12.4 Å². The van der Waals surface area contributed by atoms with Crippen LogP contribution in [0.2, 0.25) is 0 Å². The monoisotopic (exact) mass is 553 g/mol. The fraction of sp³-hybridized carbons (Fsp3) is 0.500. The van der Waals surface area contributed by atoms with Crippen molar-refractivity contribution >= 4 is 29.7 Å². The summed E-state index contributed by atoms with van der Waals surface area (Å²) in [7, 11) is 0. The van der Waals surface area contributed by atoms with Crippen molar-refractivity contribution in [1.82, 2.24) is 24.8 Å². The molecule has 0 atom stereocenters. The van der Waals surface area contributed by atoms with Gasteiger partial charge in [0, 0.05) is 50.0 Å². The molecule has 0 bridgehead atoms. The Balaban J connectivity index is 1.79. The van der Waals surface area contributed by atoms with E-state index in [0.717, 1.165) is 18.2 Å². The third-order valence-corrected chi connectivity index (χ3v) is 6.17. The maximum absolute atomic E-state index is 13.1. The number of nitrogens with zero attached hydrogens (tertiary/aromatic N) is 5. The Hall–Kier alpha value is -4.22. The first-order chi connectivity index (χ1) is 18.9. The normalized spacial score (nSPS) is 14.6. The minimum atomic E-state index is -0.569. The van der Waals surface area contributed by atoms with Gasteiger partial charge in [0.25, 0.3) is 5.91 Å². The first kappa shape index (κ1) is 30.3. The number of aromatic nitrogens is 3. The molecule has 1 saturated heterocycles. The number of likely N-dealkylation sites (tertiary alicyclic amines) is 1. The van der Waals surface area contributed by atoms with Crippen LogP contribution in [0.15, 0.2) is 30.7 Å². The number of carbonyl (C=O) groups excluding carboxylic acids is 3. The number of anilines is 1. The number of amides is 3. The molecule has 3 N–H and O–H groups in total. The van der Waals surface area contributed by atoms with Crippen molar-refractivity contribution in [2.45, 2.75) is 78.7 Å². The zero-order valence-electron chi connectivity index (χ0n) is 24.0. The van der Waals surface area contributed by atoms with Crippen LogP contribution < -0.4 is 15.8 Å². The number of aryl methyl sites for hydroxylation is 1. The van der Waals surface area contributed by atoms with Gasteiger partial charge in [-0.2, -0.15) is 0 Å². The van der Waals surface area contributed by atoms with Gasteiger partial charge in [0.1, 0.15) is 11.3 Å². The quantitative estimate of drug-likeness (QED) is 0.352. The smallest absolute Gasteiger partial charge is 0.410 e. The Kier molecular flexibility index (Phi) is 10.0. The van der Waals surface area contributed by atoms with Crippen molar-refractivity contribution in [1.29, 1.82) is 0 Å². The highest BCUT2D eigenvalue weighted by Crippen LogP contribution is 2.29. The van der Waals surface area contributed by atoms with E-state index in [4.69, 9.17) is 15.2 Å². The Bertz CT molecular complexity index is 1220. The highest BCUT2D eigenvalue weighted by molar-refractivity contribution is 6.24. The van der Waals surface area contributed by atoms with Crippen LogP contribution in [-0.2, 0) is 20.9 Å². The van der Waals surface area contributed by atoms with Gasteiger partial charge in [0.15, 0.2) is 5.82 Å². The molecule has 2 aromatic rings. The molecule has 2 aromatic heterocycles. The van der Waals surface area contributed by atoms with E-state index in [1.54, 1.807) is 21.9 Å². The molecule has 40 heavy (non-hydrogen) atoms. The summed E-state index contributed by atoms with van der Waals surface area (Å²) in [6.45, 7) is 12.3. The molecular formula is C28H39N7O5. The Morgan fingerprint density at radius 1 is 1.23 bits per heavy atom. The molecule has 0 radical (unpaired) electrons. The van der Waals surface area contributed by atoms with Crippen molar-refractivity contribution in [3.63, 3.8) is 0 Å². The molecule has 216 valence electrons. The molecule has 1 aliphatic rings. The van der Waals surface area contributed by atoms with Gasteiger partial charge in [-0.25, -0.2) is 19.7 Å². The van der Waals surface area contributed by atoms with Crippen molar-refractivity contribution in [3.8, 4) is 5.88 Å². The molecule has 3 amide bonds. The summed E-state index contributed by atoms with van der Waals surface area (Å²) in [5, 5.41) is 2.82. The minimum Gasteiger partial charge on any atom is -0.473 e.